The van der Waals surface area contributed by atoms with E-state index in [9.17, 15) is 43.2 Å². The summed E-state index contributed by atoms with van der Waals surface area (Å²) < 4.78 is 68.7. The molecule has 0 aliphatic rings. The van der Waals surface area contributed by atoms with Gasteiger partial charge in [0.05, 0.1) is 26.4 Å². The quantitative estimate of drug-likeness (QED) is 0.0169. The molecule has 0 aromatic heterocycles. The molecule has 0 heterocycles. The molecule has 2 unspecified atom stereocenters. The Kier molecular flexibility index (Phi) is 74.6. The van der Waals surface area contributed by atoms with Crippen molar-refractivity contribution in [2.24, 2.45) is 0 Å². The van der Waals surface area contributed by atoms with E-state index in [1.54, 1.807) is 0 Å². The van der Waals surface area contributed by atoms with Gasteiger partial charge in [-0.15, -0.1) is 0 Å². The molecule has 0 aliphatic heterocycles. The van der Waals surface area contributed by atoms with Gasteiger partial charge in [0.25, 0.3) is 0 Å². The minimum Gasteiger partial charge on any atom is -0.462 e. The Hall–Kier alpha value is -3.76. The topological polar surface area (TPSA) is 237 Å². The van der Waals surface area contributed by atoms with Crippen LogP contribution in [-0.2, 0) is 65.4 Å². The number of rotatable bonds is 79. The second kappa shape index (κ2) is 77.4. The van der Waals surface area contributed by atoms with E-state index in [2.05, 4.69) is 113 Å². The summed E-state index contributed by atoms with van der Waals surface area (Å²) in [5, 5.41) is 10.7. The molecule has 0 fully saturated rings. The Balaban J connectivity index is 5.37. The van der Waals surface area contributed by atoms with E-state index in [1.807, 2.05) is 0 Å². The number of hydrogen-bond donors (Lipinski definition) is 3. The van der Waals surface area contributed by atoms with Crippen LogP contribution in [0.5, 0.6) is 0 Å². The third kappa shape index (κ3) is 76.4. The summed E-state index contributed by atoms with van der Waals surface area (Å²) in [4.78, 5) is 73.1. The lowest BCUT2D eigenvalue weighted by molar-refractivity contribution is -0.161. The van der Waals surface area contributed by atoms with Crippen LogP contribution in [0.2, 0.25) is 0 Å². The first kappa shape index (κ1) is 100. The van der Waals surface area contributed by atoms with E-state index in [1.165, 1.54) is 128 Å². The first-order valence-corrected chi connectivity index (χ1v) is 44.8. The number of unbranched alkanes of at least 4 members (excludes halogenated alkanes) is 39. The summed E-state index contributed by atoms with van der Waals surface area (Å²) in [7, 11) is -9.96. The van der Waals surface area contributed by atoms with Gasteiger partial charge in [-0.05, 0) is 122 Å². The van der Waals surface area contributed by atoms with Crippen LogP contribution >= 0.6 is 15.6 Å². The number of aliphatic hydroxyl groups excluding tert-OH is 1. The van der Waals surface area contributed by atoms with Gasteiger partial charge in [-0.1, -0.05) is 312 Å². The van der Waals surface area contributed by atoms with E-state index < -0.39 is 97.5 Å². The maximum atomic E-state index is 13.1. The molecule has 19 heteroatoms. The Morgan fingerprint density at radius 1 is 0.279 bits per heavy atom. The summed E-state index contributed by atoms with van der Waals surface area (Å²) >= 11 is 0. The van der Waals surface area contributed by atoms with Crippen LogP contribution in [-0.4, -0.2) is 96.7 Å². The molecule has 17 nitrogen and oxygen atoms in total. The minimum absolute atomic E-state index is 0.0837. The standard InChI is InChI=1S/C85H152O17P2/c1-5-9-13-17-21-25-29-33-37-38-39-40-44-46-50-54-58-62-66-70-83(88)96-76-81(102-85(90)72-68-64-60-56-52-48-43-36-32-28-24-20-16-12-8-4)78-100-104(93,94)98-74-79(86)73-97-103(91,92)99-77-80(101-84(89)71-67-63-59-55-51-47-42-35-31-27-23-19-15-11-7-3)75-95-82(87)69-65-61-57-53-49-45-41-34-30-26-22-18-14-10-6-2/h9,13,21,25,28,32-34,37,39-41,46,50,79-81,86H,5-8,10-12,14-20,22-24,26-27,29-31,35-36,38,42-45,47-49,51-78H2,1-4H3,(H,91,92)(H,93,94)/b13-9-,25-21-,32-28-,37-33-,40-39-,41-34-,50-46-/t79-,80+,81+/m0/s1. The van der Waals surface area contributed by atoms with Gasteiger partial charge < -0.3 is 33.8 Å². The highest BCUT2D eigenvalue weighted by Gasteiger charge is 2.30. The normalized spacial score (nSPS) is 14.3. The highest BCUT2D eigenvalue weighted by Crippen LogP contribution is 2.45. The van der Waals surface area contributed by atoms with Gasteiger partial charge in [-0.25, -0.2) is 9.13 Å². The highest BCUT2D eigenvalue weighted by atomic mass is 31.2. The molecule has 104 heavy (non-hydrogen) atoms. The van der Waals surface area contributed by atoms with Gasteiger partial charge >= 0.3 is 39.5 Å². The Morgan fingerprint density at radius 3 is 0.798 bits per heavy atom. The smallest absolute Gasteiger partial charge is 0.462 e. The fraction of sp³-hybridized carbons (Fsp3) is 0.788. The molecule has 3 N–H and O–H groups in total. The van der Waals surface area contributed by atoms with Crippen molar-refractivity contribution in [3.63, 3.8) is 0 Å². The number of esters is 4. The number of allylic oxidation sites excluding steroid dienone is 14. The second-order valence-electron chi connectivity index (χ2n) is 28.0. The van der Waals surface area contributed by atoms with Crippen LogP contribution in [0.1, 0.15) is 374 Å². The van der Waals surface area contributed by atoms with Crippen molar-refractivity contribution < 1.29 is 80.2 Å². The van der Waals surface area contributed by atoms with Crippen LogP contribution in [0.15, 0.2) is 85.1 Å². The van der Waals surface area contributed by atoms with Crippen LogP contribution in [0.4, 0.5) is 0 Å². The zero-order chi connectivity index (χ0) is 76.0. The van der Waals surface area contributed by atoms with E-state index >= 15 is 0 Å². The molecule has 0 spiro atoms. The molecule has 0 saturated heterocycles. The predicted octanol–water partition coefficient (Wildman–Crippen LogP) is 24.6. The summed E-state index contributed by atoms with van der Waals surface area (Å²) in [6.07, 6.45) is 81.2. The highest BCUT2D eigenvalue weighted by molar-refractivity contribution is 7.47. The van der Waals surface area contributed by atoms with E-state index in [4.69, 9.17) is 37.0 Å². The number of carbonyl (C=O) groups is 4. The fourth-order valence-corrected chi connectivity index (χ4v) is 13.1. The van der Waals surface area contributed by atoms with Crippen molar-refractivity contribution in [2.75, 3.05) is 39.6 Å². The maximum Gasteiger partial charge on any atom is 0.472 e. The minimum atomic E-state index is -4.98. The Bertz CT molecular complexity index is 2300. The lowest BCUT2D eigenvalue weighted by Crippen LogP contribution is -2.30. The number of ether oxygens (including phenoxy) is 4. The summed E-state index contributed by atoms with van der Waals surface area (Å²) in [5.74, 6) is -2.19. The molecule has 0 radical (unpaired) electrons. The van der Waals surface area contributed by atoms with Gasteiger partial charge in [0.2, 0.25) is 0 Å². The molecule has 0 amide bonds. The lowest BCUT2D eigenvalue weighted by Gasteiger charge is -2.21. The SMILES string of the molecule is CC/C=C\C/C=C\C/C=C\C/C=C\C/C=C\CCCCCC(=O)OC[C@H](COP(=O)(O)OC[C@@H](O)COP(=O)(O)OC[C@@H](COC(=O)CCCCCCC/C=C\CCCCCCCC)OC(=O)CCCCCCCCCCCCCCCCC)OC(=O)CCCCCCCCC/C=C\CCCCCC. The van der Waals surface area contributed by atoms with Crippen molar-refractivity contribution in [1.82, 2.24) is 0 Å². The zero-order valence-electron chi connectivity index (χ0n) is 66.2. The maximum absolute atomic E-state index is 13.1. The number of phosphoric ester groups is 2. The second-order valence-corrected chi connectivity index (χ2v) is 30.9. The van der Waals surface area contributed by atoms with E-state index in [-0.39, 0.29) is 25.7 Å². The number of hydrogen-bond acceptors (Lipinski definition) is 15. The van der Waals surface area contributed by atoms with Gasteiger partial charge in [-0.3, -0.25) is 37.3 Å². The molecule has 0 bridgehead atoms. The van der Waals surface area contributed by atoms with Crippen LogP contribution in [0.25, 0.3) is 0 Å². The first-order valence-electron chi connectivity index (χ1n) is 41.8. The average Bonchev–Trinajstić information content (AvgIpc) is 0.918. The van der Waals surface area contributed by atoms with Crippen LogP contribution in [0, 0.1) is 0 Å². The molecule has 5 atom stereocenters. The van der Waals surface area contributed by atoms with Crippen LogP contribution < -0.4 is 0 Å². The largest absolute Gasteiger partial charge is 0.472 e. The van der Waals surface area contributed by atoms with Crippen molar-refractivity contribution in [3.05, 3.63) is 85.1 Å². The van der Waals surface area contributed by atoms with Gasteiger partial charge in [0.15, 0.2) is 12.2 Å². The van der Waals surface area contributed by atoms with Crippen molar-refractivity contribution in [3.8, 4) is 0 Å². The zero-order valence-corrected chi connectivity index (χ0v) is 68.0. The van der Waals surface area contributed by atoms with E-state index in [0.29, 0.717) is 25.7 Å². The van der Waals surface area contributed by atoms with Gasteiger partial charge in [0.1, 0.15) is 19.3 Å². The summed E-state index contributed by atoms with van der Waals surface area (Å²) in [6, 6.07) is 0. The first-order chi connectivity index (χ1) is 50.7. The molecular weight excluding hydrogens is 1350 g/mol. The molecular formula is C85H152O17P2. The van der Waals surface area contributed by atoms with E-state index in [0.717, 1.165) is 167 Å². The lowest BCUT2D eigenvalue weighted by atomic mass is 10.0. The van der Waals surface area contributed by atoms with Gasteiger partial charge in [-0.2, -0.15) is 0 Å². The van der Waals surface area contributed by atoms with Crippen molar-refractivity contribution >= 4 is 39.5 Å². The molecule has 0 rings (SSSR count). The van der Waals surface area contributed by atoms with Gasteiger partial charge in [0, 0.05) is 25.7 Å². The third-order valence-electron chi connectivity index (χ3n) is 17.8. The average molecular weight is 1510 g/mol. The monoisotopic (exact) mass is 1510 g/mol. The molecule has 0 aliphatic carbocycles. The third-order valence-corrected chi connectivity index (χ3v) is 19.7. The van der Waals surface area contributed by atoms with Crippen molar-refractivity contribution in [2.45, 2.75) is 393 Å². The number of aliphatic hydroxyl groups is 1. The molecule has 604 valence electrons. The molecule has 0 aromatic carbocycles. The van der Waals surface area contributed by atoms with Crippen molar-refractivity contribution in [1.29, 1.82) is 0 Å². The van der Waals surface area contributed by atoms with Crippen LogP contribution in [0.3, 0.4) is 0 Å². The number of phosphoric acid groups is 2. The Morgan fingerprint density at radius 2 is 0.500 bits per heavy atom. The molecule has 0 saturated carbocycles. The molecule has 0 aromatic rings. The summed E-state index contributed by atoms with van der Waals surface area (Å²) in [5.41, 5.74) is 0. The number of carbonyl (C=O) groups excluding carboxylic acids is 4. The summed E-state index contributed by atoms with van der Waals surface area (Å²) in [6.45, 7) is 4.77. The predicted molar refractivity (Wildman–Crippen MR) is 427 cm³/mol. The fourth-order valence-electron chi connectivity index (χ4n) is 11.5. The Labute approximate surface area is 634 Å².